The summed E-state index contributed by atoms with van der Waals surface area (Å²) in [5.74, 6) is 1.71. The fraction of sp³-hybridized carbons (Fsp3) is 0.478. The van der Waals surface area contributed by atoms with E-state index in [-0.39, 0.29) is 0 Å². The number of halogens is 1. The number of hydrogen-bond acceptors (Lipinski definition) is 3. The summed E-state index contributed by atoms with van der Waals surface area (Å²) < 4.78 is 5.29. The fourth-order valence-corrected chi connectivity index (χ4v) is 5.99. The third-order valence-corrected chi connectivity index (χ3v) is 7.27. The van der Waals surface area contributed by atoms with Crippen molar-refractivity contribution in [3.63, 3.8) is 0 Å². The molecule has 2 aromatic rings. The number of benzene rings is 2. The van der Waals surface area contributed by atoms with Crippen molar-refractivity contribution in [2.24, 2.45) is 5.92 Å². The second-order valence-corrected chi connectivity index (χ2v) is 8.85. The highest BCUT2D eigenvalue weighted by Gasteiger charge is 2.59. The Bertz CT molecular complexity index is 806. The van der Waals surface area contributed by atoms with Gasteiger partial charge in [-0.3, -0.25) is 9.80 Å². The minimum Gasteiger partial charge on any atom is -0.497 e. The molecule has 4 heteroatoms. The predicted molar refractivity (Wildman–Crippen MR) is 109 cm³/mol. The monoisotopic (exact) mass is 382 g/mol. The molecule has 3 aliphatic rings. The summed E-state index contributed by atoms with van der Waals surface area (Å²) in [7, 11) is 1.72. The molecule has 3 aliphatic heterocycles. The topological polar surface area (TPSA) is 15.7 Å². The molecule has 0 amide bonds. The molecule has 3 fully saturated rings. The maximum absolute atomic E-state index is 6.11. The predicted octanol–water partition coefficient (Wildman–Crippen LogP) is 4.76. The van der Waals surface area contributed by atoms with Crippen LogP contribution in [0.15, 0.2) is 48.5 Å². The van der Waals surface area contributed by atoms with Crippen LogP contribution >= 0.6 is 11.6 Å². The molecule has 27 heavy (non-hydrogen) atoms. The molecular weight excluding hydrogens is 356 g/mol. The minimum atomic E-state index is 0.386. The molecule has 0 aromatic heterocycles. The van der Waals surface area contributed by atoms with Gasteiger partial charge in [0, 0.05) is 36.2 Å². The van der Waals surface area contributed by atoms with Crippen molar-refractivity contribution in [2.75, 3.05) is 26.7 Å². The van der Waals surface area contributed by atoms with Crippen LogP contribution in [0.25, 0.3) is 0 Å². The van der Waals surface area contributed by atoms with E-state index in [0.717, 1.165) is 23.2 Å². The minimum absolute atomic E-state index is 0.386. The number of ether oxygens (including phenoxy) is 1. The summed E-state index contributed by atoms with van der Waals surface area (Å²) in [5, 5.41) is 0.832. The van der Waals surface area contributed by atoms with Crippen LogP contribution in [0.3, 0.4) is 0 Å². The second-order valence-electron chi connectivity index (χ2n) is 8.42. The standard InChI is InChI=1S/C23H27ClN2O/c1-27-21-9-3-17(4-10-21)14-25-15-19-13-22(18-5-7-20(24)8-6-18)26-12-2-11-23(19,26)16-25/h3-10,19,22H,2,11-16H2,1H3/t19-,22-,23-/m1/s1. The summed E-state index contributed by atoms with van der Waals surface area (Å²) in [6.45, 7) is 4.70. The van der Waals surface area contributed by atoms with Crippen LogP contribution in [0.5, 0.6) is 5.75 Å². The molecule has 0 radical (unpaired) electrons. The van der Waals surface area contributed by atoms with E-state index < -0.39 is 0 Å². The molecule has 0 saturated carbocycles. The second kappa shape index (κ2) is 6.80. The van der Waals surface area contributed by atoms with Crippen molar-refractivity contribution in [3.8, 4) is 5.75 Å². The van der Waals surface area contributed by atoms with E-state index >= 15 is 0 Å². The van der Waals surface area contributed by atoms with Crippen molar-refractivity contribution >= 4 is 11.6 Å². The van der Waals surface area contributed by atoms with Crippen molar-refractivity contribution in [1.82, 2.24) is 9.80 Å². The Balaban J connectivity index is 1.33. The van der Waals surface area contributed by atoms with Gasteiger partial charge >= 0.3 is 0 Å². The molecule has 3 heterocycles. The summed E-state index contributed by atoms with van der Waals surface area (Å²) in [4.78, 5) is 5.50. The SMILES string of the molecule is COc1ccc(CN2C[C@H]3C[C@H](c4ccc(Cl)cc4)N4CCC[C@@]34C2)cc1. The first kappa shape index (κ1) is 17.5. The van der Waals surface area contributed by atoms with Crippen LogP contribution < -0.4 is 4.74 Å². The zero-order valence-electron chi connectivity index (χ0n) is 15.9. The van der Waals surface area contributed by atoms with Gasteiger partial charge < -0.3 is 4.74 Å². The van der Waals surface area contributed by atoms with Crippen LogP contribution in [0.1, 0.15) is 36.4 Å². The van der Waals surface area contributed by atoms with E-state index in [9.17, 15) is 0 Å². The Morgan fingerprint density at radius 2 is 1.89 bits per heavy atom. The van der Waals surface area contributed by atoms with Gasteiger partial charge in [-0.2, -0.15) is 0 Å². The van der Waals surface area contributed by atoms with Gasteiger partial charge in [-0.1, -0.05) is 35.9 Å². The molecule has 2 aromatic carbocycles. The molecule has 3 saturated heterocycles. The zero-order chi connectivity index (χ0) is 18.4. The lowest BCUT2D eigenvalue weighted by Crippen LogP contribution is -2.45. The van der Waals surface area contributed by atoms with Crippen LogP contribution in [0.2, 0.25) is 5.02 Å². The first-order valence-electron chi connectivity index (χ1n) is 10.1. The molecule has 0 N–H and O–H groups in total. The van der Waals surface area contributed by atoms with Crippen molar-refractivity contribution in [3.05, 3.63) is 64.7 Å². The van der Waals surface area contributed by atoms with Gasteiger partial charge in [0.2, 0.25) is 0 Å². The summed E-state index contributed by atoms with van der Waals surface area (Å²) in [6, 6.07) is 17.7. The van der Waals surface area contributed by atoms with E-state index in [1.54, 1.807) is 7.11 Å². The highest BCUT2D eigenvalue weighted by atomic mass is 35.5. The van der Waals surface area contributed by atoms with Crippen LogP contribution in [-0.2, 0) is 6.54 Å². The molecule has 5 rings (SSSR count). The highest BCUT2D eigenvalue weighted by Crippen LogP contribution is 2.55. The number of nitrogens with zero attached hydrogens (tertiary/aromatic N) is 2. The van der Waals surface area contributed by atoms with Crippen LogP contribution in [-0.4, -0.2) is 42.1 Å². The van der Waals surface area contributed by atoms with Gasteiger partial charge in [-0.05, 0) is 67.1 Å². The molecular formula is C23H27ClN2O. The van der Waals surface area contributed by atoms with Crippen molar-refractivity contribution in [2.45, 2.75) is 37.4 Å². The summed E-state index contributed by atoms with van der Waals surface area (Å²) in [6.07, 6.45) is 3.96. The molecule has 0 unspecified atom stereocenters. The Morgan fingerprint density at radius 3 is 2.63 bits per heavy atom. The van der Waals surface area contributed by atoms with Crippen LogP contribution in [0, 0.1) is 5.92 Å². The molecule has 1 spiro atoms. The maximum Gasteiger partial charge on any atom is 0.118 e. The van der Waals surface area contributed by atoms with E-state index in [0.29, 0.717) is 11.6 Å². The fourth-order valence-electron chi connectivity index (χ4n) is 5.86. The quantitative estimate of drug-likeness (QED) is 0.758. The first-order valence-corrected chi connectivity index (χ1v) is 10.4. The van der Waals surface area contributed by atoms with Crippen LogP contribution in [0.4, 0.5) is 0 Å². The molecule has 3 atom stereocenters. The lowest BCUT2D eigenvalue weighted by atomic mass is 9.86. The normalized spacial score (nSPS) is 30.4. The zero-order valence-corrected chi connectivity index (χ0v) is 16.7. The molecule has 142 valence electrons. The van der Waals surface area contributed by atoms with E-state index in [1.807, 2.05) is 12.1 Å². The molecule has 3 nitrogen and oxygen atoms in total. The third-order valence-electron chi connectivity index (χ3n) is 7.02. The average molecular weight is 383 g/mol. The summed E-state index contributed by atoms with van der Waals surface area (Å²) in [5.41, 5.74) is 3.21. The number of likely N-dealkylation sites (tertiary alicyclic amines) is 1. The lowest BCUT2D eigenvalue weighted by Gasteiger charge is -2.35. The Hall–Kier alpha value is -1.55. The van der Waals surface area contributed by atoms with Gasteiger partial charge in [0.15, 0.2) is 0 Å². The number of hydrogen-bond donors (Lipinski definition) is 0. The first-order chi connectivity index (χ1) is 13.2. The number of methoxy groups -OCH3 is 1. The Kier molecular flexibility index (Phi) is 4.42. The van der Waals surface area contributed by atoms with E-state index in [4.69, 9.17) is 16.3 Å². The Labute approximate surface area is 166 Å². The highest BCUT2D eigenvalue weighted by molar-refractivity contribution is 6.30. The lowest BCUT2D eigenvalue weighted by molar-refractivity contribution is 0.131. The van der Waals surface area contributed by atoms with Gasteiger partial charge in [0.05, 0.1) is 7.11 Å². The van der Waals surface area contributed by atoms with Gasteiger partial charge in [0.1, 0.15) is 5.75 Å². The third kappa shape index (κ3) is 2.97. The largest absolute Gasteiger partial charge is 0.497 e. The van der Waals surface area contributed by atoms with Gasteiger partial charge in [-0.15, -0.1) is 0 Å². The maximum atomic E-state index is 6.11. The summed E-state index contributed by atoms with van der Waals surface area (Å²) >= 11 is 6.11. The van der Waals surface area contributed by atoms with E-state index in [1.165, 1.54) is 50.0 Å². The van der Waals surface area contributed by atoms with Gasteiger partial charge in [-0.25, -0.2) is 0 Å². The van der Waals surface area contributed by atoms with Gasteiger partial charge in [0.25, 0.3) is 0 Å². The number of rotatable bonds is 4. The molecule has 0 bridgehead atoms. The van der Waals surface area contributed by atoms with Crippen molar-refractivity contribution in [1.29, 1.82) is 0 Å². The van der Waals surface area contributed by atoms with E-state index in [2.05, 4.69) is 46.2 Å². The van der Waals surface area contributed by atoms with Crippen molar-refractivity contribution < 1.29 is 4.74 Å². The molecule has 0 aliphatic carbocycles. The Morgan fingerprint density at radius 1 is 1.11 bits per heavy atom. The average Bonchev–Trinajstić information content (AvgIpc) is 3.31. The smallest absolute Gasteiger partial charge is 0.118 e.